The molecule has 1 fully saturated rings. The largest absolute Gasteiger partial charge is 0.493 e. The van der Waals surface area contributed by atoms with Gasteiger partial charge >= 0.3 is 6.09 Å². The average Bonchev–Trinajstić information content (AvgIpc) is 3.48. The van der Waals surface area contributed by atoms with Crippen LogP contribution in [-0.2, 0) is 11.2 Å². The van der Waals surface area contributed by atoms with E-state index in [1.165, 1.54) is 39.0 Å². The van der Waals surface area contributed by atoms with Gasteiger partial charge in [-0.2, -0.15) is 0 Å². The molecule has 4 nitrogen and oxygen atoms in total. The standard InChI is InChI=1S/C31H29NO3/c33-31(35-19-29-27-10-3-1-8-25(27)26-9-2-4-11-28(26)29)32-23-6-5-7-24(32)18-22(17-23)20-12-13-30-21(16-20)14-15-34-30/h1-4,8-13,16-17,23-24,29H,5-7,14-15,18-19H2. The Hall–Kier alpha value is -3.53. The minimum Gasteiger partial charge on any atom is -0.493 e. The smallest absolute Gasteiger partial charge is 0.410 e. The van der Waals surface area contributed by atoms with Gasteiger partial charge < -0.3 is 9.47 Å². The Morgan fingerprint density at radius 3 is 2.51 bits per heavy atom. The van der Waals surface area contributed by atoms with Crippen LogP contribution in [0.1, 0.15) is 53.9 Å². The maximum absolute atomic E-state index is 13.4. The zero-order valence-corrected chi connectivity index (χ0v) is 19.8. The summed E-state index contributed by atoms with van der Waals surface area (Å²) >= 11 is 0. The predicted molar refractivity (Wildman–Crippen MR) is 137 cm³/mol. The summed E-state index contributed by atoms with van der Waals surface area (Å²) in [5.74, 6) is 1.11. The van der Waals surface area contributed by atoms with E-state index in [0.29, 0.717) is 6.61 Å². The third-order valence-corrected chi connectivity index (χ3v) is 8.24. The first-order valence-corrected chi connectivity index (χ1v) is 12.9. The number of hydrogen-bond donors (Lipinski definition) is 0. The molecule has 0 radical (unpaired) electrons. The number of hydrogen-bond acceptors (Lipinski definition) is 3. The number of rotatable bonds is 3. The highest BCUT2D eigenvalue weighted by atomic mass is 16.6. The molecule has 0 N–H and O–H groups in total. The molecule has 176 valence electrons. The normalized spacial score (nSPS) is 22.1. The fraction of sp³-hybridized carbons (Fsp3) is 0.323. The van der Waals surface area contributed by atoms with Crippen molar-refractivity contribution in [3.8, 4) is 16.9 Å². The maximum Gasteiger partial charge on any atom is 0.410 e. The van der Waals surface area contributed by atoms with Crippen molar-refractivity contribution in [3.63, 3.8) is 0 Å². The zero-order valence-electron chi connectivity index (χ0n) is 19.8. The summed E-state index contributed by atoms with van der Waals surface area (Å²) in [5, 5.41) is 0. The molecule has 7 rings (SSSR count). The molecule has 4 heteroatoms. The number of carbonyl (C=O) groups is 1. The fourth-order valence-corrected chi connectivity index (χ4v) is 6.58. The van der Waals surface area contributed by atoms with E-state index in [1.807, 2.05) is 4.90 Å². The van der Waals surface area contributed by atoms with Gasteiger partial charge in [-0.3, -0.25) is 4.90 Å². The predicted octanol–water partition coefficient (Wildman–Crippen LogP) is 6.58. The van der Waals surface area contributed by atoms with Gasteiger partial charge in [-0.25, -0.2) is 4.79 Å². The average molecular weight is 464 g/mol. The monoisotopic (exact) mass is 463 g/mol. The molecule has 3 aromatic carbocycles. The minimum atomic E-state index is -0.167. The summed E-state index contributed by atoms with van der Waals surface area (Å²) in [5.41, 5.74) is 8.95. The number of nitrogens with zero attached hydrogens (tertiary/aromatic N) is 1. The molecule has 2 bridgehead atoms. The third-order valence-electron chi connectivity index (χ3n) is 8.24. The van der Waals surface area contributed by atoms with E-state index in [-0.39, 0.29) is 24.1 Å². The molecule has 3 heterocycles. The van der Waals surface area contributed by atoms with E-state index in [2.05, 4.69) is 72.8 Å². The first-order chi connectivity index (χ1) is 17.3. The molecule has 1 saturated heterocycles. The molecule has 2 unspecified atom stereocenters. The van der Waals surface area contributed by atoms with Gasteiger partial charge in [0.15, 0.2) is 0 Å². The SMILES string of the molecule is O=C(OCC1c2ccccc2-c2ccccc21)N1C2C=C(c3ccc4c(c3)CCO4)CC1CCC2. The summed E-state index contributed by atoms with van der Waals surface area (Å²) in [6.45, 7) is 1.16. The van der Waals surface area contributed by atoms with E-state index >= 15 is 0 Å². The Labute approximate surface area is 206 Å². The van der Waals surface area contributed by atoms with Crippen LogP contribution in [0, 0.1) is 0 Å². The van der Waals surface area contributed by atoms with Gasteiger partial charge in [0.1, 0.15) is 12.4 Å². The van der Waals surface area contributed by atoms with Crippen molar-refractivity contribution in [1.82, 2.24) is 4.90 Å². The van der Waals surface area contributed by atoms with E-state index < -0.39 is 0 Å². The highest BCUT2D eigenvalue weighted by Gasteiger charge is 2.39. The van der Waals surface area contributed by atoms with Gasteiger partial charge in [0, 0.05) is 18.4 Å². The summed E-state index contributed by atoms with van der Waals surface area (Å²) in [4.78, 5) is 15.5. The molecular formula is C31H29NO3. The van der Waals surface area contributed by atoms with Gasteiger partial charge in [-0.05, 0) is 76.8 Å². The van der Waals surface area contributed by atoms with E-state index in [9.17, 15) is 4.79 Å². The Bertz CT molecular complexity index is 1300. The van der Waals surface area contributed by atoms with Gasteiger partial charge in [0.05, 0.1) is 12.6 Å². The number of amides is 1. The molecule has 1 aliphatic carbocycles. The first kappa shape index (κ1) is 20.8. The molecule has 35 heavy (non-hydrogen) atoms. The van der Waals surface area contributed by atoms with Crippen molar-refractivity contribution in [1.29, 1.82) is 0 Å². The second-order valence-corrected chi connectivity index (χ2v) is 10.2. The van der Waals surface area contributed by atoms with Crippen molar-refractivity contribution in [2.24, 2.45) is 0 Å². The fourth-order valence-electron chi connectivity index (χ4n) is 6.58. The highest BCUT2D eigenvalue weighted by Crippen LogP contribution is 2.45. The van der Waals surface area contributed by atoms with Crippen LogP contribution in [0.2, 0.25) is 0 Å². The second kappa shape index (κ2) is 8.30. The van der Waals surface area contributed by atoms with Crippen LogP contribution in [0.4, 0.5) is 4.79 Å². The van der Waals surface area contributed by atoms with Crippen LogP contribution in [0.5, 0.6) is 5.75 Å². The van der Waals surface area contributed by atoms with Crippen molar-refractivity contribution in [2.45, 2.75) is 50.1 Å². The summed E-state index contributed by atoms with van der Waals surface area (Å²) in [6, 6.07) is 23.9. The Balaban J connectivity index is 1.11. The van der Waals surface area contributed by atoms with E-state index in [4.69, 9.17) is 9.47 Å². The highest BCUT2D eigenvalue weighted by molar-refractivity contribution is 5.79. The number of ether oxygens (including phenoxy) is 2. The van der Waals surface area contributed by atoms with E-state index in [0.717, 1.165) is 44.5 Å². The van der Waals surface area contributed by atoms with Crippen LogP contribution >= 0.6 is 0 Å². The zero-order chi connectivity index (χ0) is 23.4. The van der Waals surface area contributed by atoms with Gasteiger partial charge in [-0.1, -0.05) is 60.7 Å². The number of fused-ring (bicyclic) bond motifs is 6. The quantitative estimate of drug-likeness (QED) is 0.440. The van der Waals surface area contributed by atoms with Gasteiger partial charge in [0.25, 0.3) is 0 Å². The number of benzene rings is 3. The van der Waals surface area contributed by atoms with E-state index in [1.54, 1.807) is 0 Å². The van der Waals surface area contributed by atoms with Crippen molar-refractivity contribution < 1.29 is 14.3 Å². The summed E-state index contributed by atoms with van der Waals surface area (Å²) < 4.78 is 11.7. The molecular weight excluding hydrogens is 434 g/mol. The van der Waals surface area contributed by atoms with Crippen LogP contribution < -0.4 is 4.74 Å². The molecule has 3 aliphatic heterocycles. The lowest BCUT2D eigenvalue weighted by Crippen LogP contribution is -2.51. The van der Waals surface area contributed by atoms with Crippen LogP contribution in [0.15, 0.2) is 72.8 Å². The van der Waals surface area contributed by atoms with Crippen LogP contribution in [0.3, 0.4) is 0 Å². The molecule has 0 aromatic heterocycles. The Kier molecular flexibility index (Phi) is 4.93. The summed E-state index contributed by atoms with van der Waals surface area (Å²) in [7, 11) is 0. The van der Waals surface area contributed by atoms with Crippen molar-refractivity contribution in [3.05, 3.63) is 95.1 Å². The molecule has 0 spiro atoms. The molecule has 0 saturated carbocycles. The lowest BCUT2D eigenvalue weighted by molar-refractivity contribution is 0.0539. The Morgan fingerprint density at radius 1 is 0.971 bits per heavy atom. The van der Waals surface area contributed by atoms with Crippen LogP contribution in [0.25, 0.3) is 16.7 Å². The molecule has 3 aromatic rings. The molecule has 1 amide bonds. The summed E-state index contributed by atoms with van der Waals surface area (Å²) in [6.07, 6.45) is 7.21. The van der Waals surface area contributed by atoms with Gasteiger partial charge in [0.2, 0.25) is 0 Å². The second-order valence-electron chi connectivity index (χ2n) is 10.2. The van der Waals surface area contributed by atoms with Crippen LogP contribution in [-0.4, -0.2) is 36.3 Å². The van der Waals surface area contributed by atoms with Crippen molar-refractivity contribution >= 4 is 11.7 Å². The topological polar surface area (TPSA) is 38.8 Å². The molecule has 4 aliphatic rings. The minimum absolute atomic E-state index is 0.0933. The van der Waals surface area contributed by atoms with Crippen molar-refractivity contribution in [2.75, 3.05) is 13.2 Å². The third kappa shape index (κ3) is 3.46. The first-order valence-electron chi connectivity index (χ1n) is 12.9. The lowest BCUT2D eigenvalue weighted by atomic mass is 9.83. The Morgan fingerprint density at radius 2 is 1.74 bits per heavy atom. The number of piperidine rings is 1. The van der Waals surface area contributed by atoms with Gasteiger partial charge in [-0.15, -0.1) is 0 Å². The number of carbonyl (C=O) groups excluding carboxylic acids is 1. The molecule has 2 atom stereocenters. The maximum atomic E-state index is 13.4. The lowest BCUT2D eigenvalue weighted by Gasteiger charge is -2.44.